The van der Waals surface area contributed by atoms with Crippen LogP contribution in [0.15, 0.2) is 61.1 Å². The van der Waals surface area contributed by atoms with Gasteiger partial charge in [-0.2, -0.15) is 0 Å². The summed E-state index contributed by atoms with van der Waals surface area (Å²) >= 11 is 0. The first-order valence-corrected chi connectivity index (χ1v) is 6.25. The van der Waals surface area contributed by atoms with Crippen LogP contribution >= 0.6 is 0 Å². The molecule has 3 aromatic rings. The smallest absolute Gasteiger partial charge is 0.0838 e. The number of nitrogens with zero attached hydrogens (tertiary/aromatic N) is 2. The van der Waals surface area contributed by atoms with Crippen LogP contribution in [0.5, 0.6) is 0 Å². The molecular formula is C16H14N2O. The summed E-state index contributed by atoms with van der Waals surface area (Å²) in [5.74, 6) is 0. The molecule has 1 aromatic carbocycles. The van der Waals surface area contributed by atoms with E-state index in [1.54, 1.807) is 18.6 Å². The van der Waals surface area contributed by atoms with Crippen molar-refractivity contribution in [1.29, 1.82) is 0 Å². The summed E-state index contributed by atoms with van der Waals surface area (Å²) in [6, 6.07) is 13.6. The number of pyridine rings is 2. The van der Waals surface area contributed by atoms with Crippen molar-refractivity contribution < 1.29 is 5.11 Å². The van der Waals surface area contributed by atoms with Crippen molar-refractivity contribution in [2.24, 2.45) is 0 Å². The van der Waals surface area contributed by atoms with E-state index in [4.69, 9.17) is 0 Å². The molecule has 0 amide bonds. The molecule has 2 aromatic heterocycles. The second-order valence-corrected chi connectivity index (χ2v) is 4.50. The zero-order valence-electron chi connectivity index (χ0n) is 10.4. The molecule has 0 saturated heterocycles. The Hall–Kier alpha value is -2.26. The van der Waals surface area contributed by atoms with Crippen LogP contribution in [0.1, 0.15) is 17.2 Å². The van der Waals surface area contributed by atoms with Gasteiger partial charge in [0, 0.05) is 30.4 Å². The molecule has 0 saturated carbocycles. The number of benzene rings is 1. The van der Waals surface area contributed by atoms with Crippen LogP contribution in [-0.2, 0) is 6.42 Å². The van der Waals surface area contributed by atoms with Crippen molar-refractivity contribution in [3.63, 3.8) is 0 Å². The third kappa shape index (κ3) is 2.46. The summed E-state index contributed by atoms with van der Waals surface area (Å²) < 4.78 is 0. The van der Waals surface area contributed by atoms with Crippen LogP contribution in [0.2, 0.25) is 0 Å². The third-order valence-corrected chi connectivity index (χ3v) is 3.19. The topological polar surface area (TPSA) is 46.0 Å². The Bertz CT molecular complexity index is 677. The molecule has 19 heavy (non-hydrogen) atoms. The van der Waals surface area contributed by atoms with Gasteiger partial charge in [0.25, 0.3) is 0 Å². The van der Waals surface area contributed by atoms with Gasteiger partial charge >= 0.3 is 0 Å². The molecule has 0 aliphatic heterocycles. The van der Waals surface area contributed by atoms with Crippen LogP contribution in [0.25, 0.3) is 10.9 Å². The van der Waals surface area contributed by atoms with Crippen molar-refractivity contribution in [2.45, 2.75) is 12.5 Å². The van der Waals surface area contributed by atoms with E-state index in [2.05, 4.69) is 9.97 Å². The first-order valence-electron chi connectivity index (χ1n) is 6.25. The van der Waals surface area contributed by atoms with Crippen LogP contribution in [0.4, 0.5) is 0 Å². The van der Waals surface area contributed by atoms with Gasteiger partial charge in [-0.05, 0) is 29.3 Å². The van der Waals surface area contributed by atoms with E-state index in [1.807, 2.05) is 42.5 Å². The van der Waals surface area contributed by atoms with Crippen LogP contribution in [-0.4, -0.2) is 15.1 Å². The molecule has 0 aliphatic rings. The van der Waals surface area contributed by atoms with E-state index in [0.29, 0.717) is 6.42 Å². The van der Waals surface area contributed by atoms with Gasteiger partial charge in [-0.1, -0.05) is 24.3 Å². The fourth-order valence-electron chi connectivity index (χ4n) is 2.26. The number of fused-ring (bicyclic) bond motifs is 1. The molecule has 0 fully saturated rings. The first kappa shape index (κ1) is 11.8. The monoisotopic (exact) mass is 250 g/mol. The van der Waals surface area contributed by atoms with Crippen LogP contribution < -0.4 is 0 Å². The second kappa shape index (κ2) is 5.16. The fourth-order valence-corrected chi connectivity index (χ4v) is 2.26. The van der Waals surface area contributed by atoms with Gasteiger partial charge in [0.05, 0.1) is 11.6 Å². The molecule has 1 unspecified atom stereocenters. The predicted octanol–water partition coefficient (Wildman–Crippen LogP) is 2.91. The SMILES string of the molecule is OC(Cc1cccnc1)c1ccnc2ccccc12. The van der Waals surface area contributed by atoms with Crippen molar-refractivity contribution >= 4 is 10.9 Å². The number of para-hydroxylation sites is 1. The van der Waals surface area contributed by atoms with Gasteiger partial charge in [-0.3, -0.25) is 9.97 Å². The minimum Gasteiger partial charge on any atom is -0.388 e. The summed E-state index contributed by atoms with van der Waals surface area (Å²) in [6.45, 7) is 0. The number of hydrogen-bond acceptors (Lipinski definition) is 3. The molecule has 3 rings (SSSR count). The number of aromatic nitrogens is 2. The lowest BCUT2D eigenvalue weighted by atomic mass is 9.99. The largest absolute Gasteiger partial charge is 0.388 e. The molecule has 94 valence electrons. The average molecular weight is 250 g/mol. The Labute approximate surface area is 111 Å². The zero-order valence-corrected chi connectivity index (χ0v) is 10.4. The summed E-state index contributed by atoms with van der Waals surface area (Å²) in [5.41, 5.74) is 2.84. The van der Waals surface area contributed by atoms with Crippen molar-refractivity contribution in [3.05, 3.63) is 72.2 Å². The number of aliphatic hydroxyl groups excluding tert-OH is 1. The van der Waals surface area contributed by atoms with Crippen molar-refractivity contribution in [1.82, 2.24) is 9.97 Å². The highest BCUT2D eigenvalue weighted by atomic mass is 16.3. The van der Waals surface area contributed by atoms with E-state index in [0.717, 1.165) is 22.0 Å². The minimum atomic E-state index is -0.544. The van der Waals surface area contributed by atoms with Gasteiger partial charge in [0.2, 0.25) is 0 Å². The molecule has 0 bridgehead atoms. The average Bonchev–Trinajstić information content (AvgIpc) is 2.47. The molecule has 0 aliphatic carbocycles. The number of aliphatic hydroxyl groups is 1. The number of rotatable bonds is 3. The quantitative estimate of drug-likeness (QED) is 0.777. The minimum absolute atomic E-state index is 0.544. The van der Waals surface area contributed by atoms with E-state index in [1.165, 1.54) is 0 Å². The normalized spacial score (nSPS) is 12.5. The Morgan fingerprint density at radius 2 is 1.89 bits per heavy atom. The van der Waals surface area contributed by atoms with Crippen LogP contribution in [0, 0.1) is 0 Å². The fraction of sp³-hybridized carbons (Fsp3) is 0.125. The van der Waals surface area contributed by atoms with Gasteiger partial charge in [-0.25, -0.2) is 0 Å². The molecule has 3 nitrogen and oxygen atoms in total. The van der Waals surface area contributed by atoms with E-state index in [9.17, 15) is 5.11 Å². The molecule has 3 heteroatoms. The van der Waals surface area contributed by atoms with E-state index < -0.39 is 6.10 Å². The Kier molecular flexibility index (Phi) is 3.21. The molecule has 0 radical (unpaired) electrons. The standard InChI is InChI=1S/C16H14N2O/c19-16(10-12-4-3-8-17-11-12)14-7-9-18-15-6-2-1-5-13(14)15/h1-9,11,16,19H,10H2. The molecule has 1 N–H and O–H groups in total. The zero-order chi connectivity index (χ0) is 13.1. The summed E-state index contributed by atoms with van der Waals surface area (Å²) in [4.78, 5) is 8.38. The number of hydrogen-bond donors (Lipinski definition) is 1. The van der Waals surface area contributed by atoms with Gasteiger partial charge in [0.1, 0.15) is 0 Å². The third-order valence-electron chi connectivity index (χ3n) is 3.19. The second-order valence-electron chi connectivity index (χ2n) is 4.50. The maximum atomic E-state index is 10.4. The lowest BCUT2D eigenvalue weighted by Gasteiger charge is -2.13. The van der Waals surface area contributed by atoms with Gasteiger partial charge in [-0.15, -0.1) is 0 Å². The summed E-state index contributed by atoms with van der Waals surface area (Å²) in [7, 11) is 0. The Morgan fingerprint density at radius 3 is 2.74 bits per heavy atom. The molecule has 1 atom stereocenters. The Balaban J connectivity index is 1.96. The van der Waals surface area contributed by atoms with E-state index >= 15 is 0 Å². The summed E-state index contributed by atoms with van der Waals surface area (Å²) in [5, 5.41) is 11.4. The predicted molar refractivity (Wildman–Crippen MR) is 74.6 cm³/mol. The van der Waals surface area contributed by atoms with E-state index in [-0.39, 0.29) is 0 Å². The van der Waals surface area contributed by atoms with Gasteiger partial charge in [0.15, 0.2) is 0 Å². The first-order chi connectivity index (χ1) is 9.34. The maximum Gasteiger partial charge on any atom is 0.0838 e. The maximum absolute atomic E-state index is 10.4. The van der Waals surface area contributed by atoms with Crippen molar-refractivity contribution in [3.8, 4) is 0 Å². The van der Waals surface area contributed by atoms with Crippen LogP contribution in [0.3, 0.4) is 0 Å². The lowest BCUT2D eigenvalue weighted by Crippen LogP contribution is -2.03. The molecule has 2 heterocycles. The molecule has 0 spiro atoms. The highest BCUT2D eigenvalue weighted by Crippen LogP contribution is 2.25. The molecular weight excluding hydrogens is 236 g/mol. The van der Waals surface area contributed by atoms with Crippen molar-refractivity contribution in [2.75, 3.05) is 0 Å². The highest BCUT2D eigenvalue weighted by Gasteiger charge is 2.12. The lowest BCUT2D eigenvalue weighted by molar-refractivity contribution is 0.180. The van der Waals surface area contributed by atoms with Gasteiger partial charge < -0.3 is 5.11 Å². The summed E-state index contributed by atoms with van der Waals surface area (Å²) in [6.07, 6.45) is 5.27. The Morgan fingerprint density at radius 1 is 1.00 bits per heavy atom. The highest BCUT2D eigenvalue weighted by molar-refractivity contribution is 5.82.